The van der Waals surface area contributed by atoms with Gasteiger partial charge in [0.15, 0.2) is 0 Å². The molecule has 3 aliphatic rings. The van der Waals surface area contributed by atoms with Crippen molar-refractivity contribution in [2.75, 3.05) is 72.7 Å². The Morgan fingerprint density at radius 1 is 0.919 bits per heavy atom. The highest BCUT2D eigenvalue weighted by molar-refractivity contribution is 7.93. The molecule has 1 aromatic carbocycles. The zero-order valence-corrected chi connectivity index (χ0v) is 22.7. The summed E-state index contributed by atoms with van der Waals surface area (Å²) in [5.74, 6) is 0.906. The summed E-state index contributed by atoms with van der Waals surface area (Å²) >= 11 is 0. The van der Waals surface area contributed by atoms with Gasteiger partial charge in [-0.2, -0.15) is 0 Å². The number of amides is 3. The first-order valence-electron chi connectivity index (χ1n) is 12.7. The Hall–Kier alpha value is -3.34. The maximum absolute atomic E-state index is 13.7. The predicted molar refractivity (Wildman–Crippen MR) is 144 cm³/mol. The smallest absolute Gasteiger partial charge is 0.324 e. The van der Waals surface area contributed by atoms with Crippen LogP contribution in [0, 0.1) is 20.8 Å². The lowest BCUT2D eigenvalue weighted by molar-refractivity contribution is 0.0747. The SMILES string of the molecule is Cc1cc(C)c(N2CCN(C(=O)c3ccc(N4CCCS4(=O)=O)cc3N3CCN(C)C3=O)CC2)nc1C. The third-order valence-electron chi connectivity index (χ3n) is 7.60. The average Bonchev–Trinajstić information content (AvgIpc) is 3.41. The fraction of sp³-hybridized carbons (Fsp3) is 0.500. The molecule has 10 nitrogen and oxygen atoms in total. The van der Waals surface area contributed by atoms with E-state index >= 15 is 0 Å². The summed E-state index contributed by atoms with van der Waals surface area (Å²) in [5.41, 5.74) is 4.66. The zero-order valence-electron chi connectivity index (χ0n) is 21.9. The van der Waals surface area contributed by atoms with Crippen LogP contribution in [-0.4, -0.2) is 93.8 Å². The van der Waals surface area contributed by atoms with Crippen LogP contribution in [0.25, 0.3) is 0 Å². The van der Waals surface area contributed by atoms with E-state index in [4.69, 9.17) is 4.98 Å². The summed E-state index contributed by atoms with van der Waals surface area (Å²) in [6.07, 6.45) is 0.558. The van der Waals surface area contributed by atoms with Gasteiger partial charge in [-0.3, -0.25) is 14.0 Å². The Kier molecular flexibility index (Phi) is 6.51. The second kappa shape index (κ2) is 9.51. The summed E-state index contributed by atoms with van der Waals surface area (Å²) in [7, 11) is -1.66. The molecule has 3 saturated heterocycles. The van der Waals surface area contributed by atoms with Crippen LogP contribution in [0.4, 0.5) is 22.0 Å². The molecule has 3 fully saturated rings. The van der Waals surface area contributed by atoms with Crippen molar-refractivity contribution in [2.24, 2.45) is 0 Å². The first kappa shape index (κ1) is 25.3. The second-order valence-electron chi connectivity index (χ2n) is 10.1. The Balaban J connectivity index is 1.41. The molecular weight excluding hydrogens is 492 g/mol. The molecule has 0 saturated carbocycles. The number of anilines is 3. The number of aromatic nitrogens is 1. The second-order valence-corrected chi connectivity index (χ2v) is 12.1. The van der Waals surface area contributed by atoms with Crippen molar-refractivity contribution in [3.8, 4) is 0 Å². The normalized spacial score (nSPS) is 19.8. The van der Waals surface area contributed by atoms with Crippen molar-refractivity contribution >= 4 is 39.2 Å². The van der Waals surface area contributed by atoms with Crippen molar-refractivity contribution in [2.45, 2.75) is 27.2 Å². The lowest BCUT2D eigenvalue weighted by atomic mass is 10.1. The lowest BCUT2D eigenvalue weighted by Crippen LogP contribution is -2.49. The largest absolute Gasteiger partial charge is 0.353 e. The molecule has 11 heteroatoms. The fourth-order valence-corrected chi connectivity index (χ4v) is 6.88. The van der Waals surface area contributed by atoms with Crippen LogP contribution in [-0.2, 0) is 10.0 Å². The van der Waals surface area contributed by atoms with Gasteiger partial charge < -0.3 is 14.7 Å². The van der Waals surface area contributed by atoms with Gasteiger partial charge in [-0.05, 0) is 56.5 Å². The van der Waals surface area contributed by atoms with Gasteiger partial charge in [0, 0.05) is 58.6 Å². The summed E-state index contributed by atoms with van der Waals surface area (Å²) in [4.78, 5) is 38.6. The van der Waals surface area contributed by atoms with E-state index in [1.165, 1.54) is 4.31 Å². The maximum atomic E-state index is 13.7. The van der Waals surface area contributed by atoms with Crippen LogP contribution >= 0.6 is 0 Å². The predicted octanol–water partition coefficient (Wildman–Crippen LogP) is 2.38. The van der Waals surface area contributed by atoms with Crippen LogP contribution in [0.1, 0.15) is 33.6 Å². The maximum Gasteiger partial charge on any atom is 0.324 e. The highest BCUT2D eigenvalue weighted by atomic mass is 32.2. The monoisotopic (exact) mass is 526 g/mol. The molecule has 0 unspecified atom stereocenters. The van der Waals surface area contributed by atoms with Gasteiger partial charge in [-0.15, -0.1) is 0 Å². The Morgan fingerprint density at radius 3 is 2.27 bits per heavy atom. The topological polar surface area (TPSA) is 97.4 Å². The molecule has 5 rings (SSSR count). The van der Waals surface area contributed by atoms with Gasteiger partial charge in [0.2, 0.25) is 10.0 Å². The van der Waals surface area contributed by atoms with Crippen LogP contribution in [0.2, 0.25) is 0 Å². The van der Waals surface area contributed by atoms with E-state index in [9.17, 15) is 18.0 Å². The number of carbonyl (C=O) groups excluding carboxylic acids is 2. The van der Waals surface area contributed by atoms with E-state index in [-0.39, 0.29) is 17.7 Å². The molecule has 3 amide bonds. The summed E-state index contributed by atoms with van der Waals surface area (Å²) in [6.45, 7) is 9.89. The number of nitrogens with zero attached hydrogens (tertiary/aromatic N) is 6. The quantitative estimate of drug-likeness (QED) is 0.607. The minimum atomic E-state index is -3.39. The Labute approximate surface area is 218 Å². The van der Waals surface area contributed by atoms with Gasteiger partial charge in [0.05, 0.1) is 22.7 Å². The Morgan fingerprint density at radius 2 is 1.65 bits per heavy atom. The van der Waals surface area contributed by atoms with Crippen molar-refractivity contribution in [3.63, 3.8) is 0 Å². The van der Waals surface area contributed by atoms with Gasteiger partial charge in [-0.25, -0.2) is 18.2 Å². The molecule has 3 aliphatic heterocycles. The zero-order chi connectivity index (χ0) is 26.5. The van der Waals surface area contributed by atoms with Gasteiger partial charge in [-0.1, -0.05) is 6.07 Å². The fourth-order valence-electron chi connectivity index (χ4n) is 5.32. The minimum absolute atomic E-state index is 0.105. The lowest BCUT2D eigenvalue weighted by Gasteiger charge is -2.37. The number of hydrogen-bond donors (Lipinski definition) is 0. The molecule has 0 atom stereocenters. The molecule has 2 aromatic rings. The average molecular weight is 527 g/mol. The van der Waals surface area contributed by atoms with Crippen molar-refractivity contribution in [1.82, 2.24) is 14.8 Å². The van der Waals surface area contributed by atoms with Crippen molar-refractivity contribution in [3.05, 3.63) is 46.6 Å². The highest BCUT2D eigenvalue weighted by Crippen LogP contribution is 2.33. The van der Waals surface area contributed by atoms with E-state index in [2.05, 4.69) is 24.8 Å². The van der Waals surface area contributed by atoms with E-state index in [1.54, 1.807) is 35.0 Å². The number of piperazine rings is 1. The van der Waals surface area contributed by atoms with Crippen LogP contribution in [0.5, 0.6) is 0 Å². The number of rotatable bonds is 4. The molecular formula is C26H34N6O4S. The number of hydrogen-bond acceptors (Lipinski definition) is 6. The third-order valence-corrected chi connectivity index (χ3v) is 9.47. The molecule has 0 aliphatic carbocycles. The van der Waals surface area contributed by atoms with Gasteiger partial charge >= 0.3 is 6.03 Å². The van der Waals surface area contributed by atoms with Gasteiger partial charge in [0.25, 0.3) is 5.91 Å². The van der Waals surface area contributed by atoms with E-state index in [0.29, 0.717) is 69.2 Å². The number of pyridine rings is 1. The van der Waals surface area contributed by atoms with E-state index in [0.717, 1.165) is 22.6 Å². The highest BCUT2D eigenvalue weighted by Gasteiger charge is 2.34. The van der Waals surface area contributed by atoms with Gasteiger partial charge in [0.1, 0.15) is 5.82 Å². The summed E-state index contributed by atoms with van der Waals surface area (Å²) < 4.78 is 26.5. The number of benzene rings is 1. The molecule has 0 N–H and O–H groups in total. The molecule has 4 heterocycles. The Bertz CT molecular complexity index is 1350. The summed E-state index contributed by atoms with van der Waals surface area (Å²) in [6, 6.07) is 6.99. The van der Waals surface area contributed by atoms with Crippen LogP contribution in [0.15, 0.2) is 24.3 Å². The molecule has 37 heavy (non-hydrogen) atoms. The molecule has 0 spiro atoms. The molecule has 1 aromatic heterocycles. The van der Waals surface area contributed by atoms with E-state index in [1.807, 2.05) is 11.8 Å². The third kappa shape index (κ3) is 4.60. The number of aryl methyl sites for hydroxylation is 3. The van der Waals surface area contributed by atoms with Crippen LogP contribution in [0.3, 0.4) is 0 Å². The van der Waals surface area contributed by atoms with E-state index < -0.39 is 10.0 Å². The first-order chi connectivity index (χ1) is 17.6. The number of urea groups is 1. The molecule has 0 bridgehead atoms. The number of carbonyl (C=O) groups is 2. The first-order valence-corrected chi connectivity index (χ1v) is 14.3. The van der Waals surface area contributed by atoms with Crippen molar-refractivity contribution in [1.29, 1.82) is 0 Å². The minimum Gasteiger partial charge on any atom is -0.353 e. The summed E-state index contributed by atoms with van der Waals surface area (Å²) in [5, 5.41) is 0. The standard InChI is InChI=1S/C26H34N6O4S/c1-18-16-19(2)24(27-20(18)3)29-10-12-30(13-11-29)25(33)22-7-6-21(32-8-5-15-37(32,35)36)17-23(22)31-14-9-28(4)26(31)34/h6-7,16-17H,5,8-15H2,1-4H3. The van der Waals surface area contributed by atoms with Crippen LogP contribution < -0.4 is 14.1 Å². The molecule has 0 radical (unpaired) electrons. The van der Waals surface area contributed by atoms with Crippen molar-refractivity contribution < 1.29 is 18.0 Å². The number of likely N-dealkylation sites (N-methyl/N-ethyl adjacent to an activating group) is 1. The molecule has 198 valence electrons. The number of sulfonamides is 1.